The third kappa shape index (κ3) is 6.17. The number of nitrogens with zero attached hydrogens (tertiary/aromatic N) is 1. The Bertz CT molecular complexity index is 1050. The van der Waals surface area contributed by atoms with Crippen LogP contribution in [0.2, 0.25) is 0 Å². The molecule has 0 radical (unpaired) electrons. The number of thiophene rings is 1. The average molecular weight is 548 g/mol. The second kappa shape index (κ2) is 11.0. The van der Waals surface area contributed by atoms with E-state index >= 15 is 0 Å². The zero-order valence-corrected chi connectivity index (χ0v) is 20.2. The number of furan rings is 1. The minimum Gasteiger partial charge on any atom is -0.459 e. The second-order valence-electron chi connectivity index (χ2n) is 6.10. The Kier molecular flexibility index (Phi) is 8.93. The monoisotopic (exact) mass is 548 g/mol. The fraction of sp³-hybridized carbons (Fsp3) is 0.316. The SMILES string of the molecule is CCNC(=NCc1oc2ccccc2c1C)NCCNS(=O)(=O)c1cccs1.I. The summed E-state index contributed by atoms with van der Waals surface area (Å²) in [4.78, 5) is 4.55. The first kappa shape index (κ1) is 23.6. The van der Waals surface area contributed by atoms with Gasteiger partial charge in [0.05, 0.1) is 0 Å². The van der Waals surface area contributed by atoms with Gasteiger partial charge in [-0.15, -0.1) is 35.3 Å². The Morgan fingerprint density at radius 1 is 1.14 bits per heavy atom. The van der Waals surface area contributed by atoms with Crippen LogP contribution in [0, 0.1) is 6.92 Å². The molecule has 3 N–H and O–H groups in total. The molecule has 0 bridgehead atoms. The number of hydrogen-bond acceptors (Lipinski definition) is 5. The fourth-order valence-electron chi connectivity index (χ4n) is 2.72. The molecule has 0 atom stereocenters. The molecular weight excluding hydrogens is 523 g/mol. The molecule has 29 heavy (non-hydrogen) atoms. The van der Waals surface area contributed by atoms with E-state index in [1.807, 2.05) is 38.1 Å². The fourth-order valence-corrected chi connectivity index (χ4v) is 4.79. The van der Waals surface area contributed by atoms with Gasteiger partial charge in [0.1, 0.15) is 22.1 Å². The smallest absolute Gasteiger partial charge is 0.250 e. The molecule has 0 unspecified atom stereocenters. The number of nitrogens with one attached hydrogen (secondary N) is 3. The number of hydrogen-bond donors (Lipinski definition) is 3. The summed E-state index contributed by atoms with van der Waals surface area (Å²) in [6, 6.07) is 11.2. The first-order valence-corrected chi connectivity index (χ1v) is 11.4. The van der Waals surface area contributed by atoms with Crippen LogP contribution in [-0.2, 0) is 16.6 Å². The lowest BCUT2D eigenvalue weighted by atomic mass is 10.1. The summed E-state index contributed by atoms with van der Waals surface area (Å²) in [6.45, 7) is 5.77. The molecule has 3 rings (SSSR count). The van der Waals surface area contributed by atoms with E-state index in [0.29, 0.717) is 29.8 Å². The summed E-state index contributed by atoms with van der Waals surface area (Å²) in [7, 11) is -3.45. The van der Waals surface area contributed by atoms with Gasteiger partial charge in [0.25, 0.3) is 0 Å². The normalized spacial score (nSPS) is 12.0. The van der Waals surface area contributed by atoms with Crippen molar-refractivity contribution in [3.05, 3.63) is 53.1 Å². The number of para-hydroxylation sites is 1. The molecule has 0 fully saturated rings. The predicted octanol–water partition coefficient (Wildman–Crippen LogP) is 3.45. The molecular formula is C19H25IN4O3S2. The third-order valence-corrected chi connectivity index (χ3v) is 7.00. The summed E-state index contributed by atoms with van der Waals surface area (Å²) in [5.41, 5.74) is 1.94. The maximum atomic E-state index is 12.1. The molecule has 0 saturated heterocycles. The quantitative estimate of drug-likeness (QED) is 0.174. The van der Waals surface area contributed by atoms with Crippen molar-refractivity contribution in [3.8, 4) is 0 Å². The molecule has 0 aliphatic rings. The Morgan fingerprint density at radius 3 is 2.62 bits per heavy atom. The number of rotatable bonds is 8. The molecule has 2 heterocycles. The van der Waals surface area contributed by atoms with Gasteiger partial charge < -0.3 is 15.1 Å². The molecule has 158 valence electrons. The minimum atomic E-state index is -3.45. The largest absolute Gasteiger partial charge is 0.459 e. The lowest BCUT2D eigenvalue weighted by molar-refractivity contribution is 0.548. The highest BCUT2D eigenvalue weighted by Crippen LogP contribution is 2.25. The third-order valence-electron chi connectivity index (χ3n) is 4.14. The first-order valence-electron chi connectivity index (χ1n) is 9.03. The summed E-state index contributed by atoms with van der Waals surface area (Å²) in [6.07, 6.45) is 0. The summed E-state index contributed by atoms with van der Waals surface area (Å²) in [5, 5.41) is 9.12. The van der Waals surface area contributed by atoms with Gasteiger partial charge in [-0.05, 0) is 31.4 Å². The summed E-state index contributed by atoms with van der Waals surface area (Å²) in [5.74, 6) is 1.43. The Labute approximate surface area is 192 Å². The van der Waals surface area contributed by atoms with E-state index in [-0.39, 0.29) is 30.5 Å². The maximum Gasteiger partial charge on any atom is 0.250 e. The lowest BCUT2D eigenvalue weighted by Crippen LogP contribution is -2.41. The summed E-state index contributed by atoms with van der Waals surface area (Å²) < 4.78 is 33.0. The van der Waals surface area contributed by atoms with Crippen LogP contribution in [0.4, 0.5) is 0 Å². The van der Waals surface area contributed by atoms with E-state index < -0.39 is 10.0 Å². The van der Waals surface area contributed by atoms with Crippen LogP contribution in [0.3, 0.4) is 0 Å². The van der Waals surface area contributed by atoms with Gasteiger partial charge >= 0.3 is 0 Å². The van der Waals surface area contributed by atoms with Crippen LogP contribution in [0.25, 0.3) is 11.0 Å². The highest BCUT2D eigenvalue weighted by atomic mass is 127. The molecule has 7 nitrogen and oxygen atoms in total. The van der Waals surface area contributed by atoms with Crippen LogP contribution >= 0.6 is 35.3 Å². The van der Waals surface area contributed by atoms with E-state index in [4.69, 9.17) is 4.42 Å². The van der Waals surface area contributed by atoms with Crippen molar-refractivity contribution in [2.45, 2.75) is 24.6 Å². The predicted molar refractivity (Wildman–Crippen MR) is 129 cm³/mol. The van der Waals surface area contributed by atoms with Gasteiger partial charge in [-0.25, -0.2) is 18.1 Å². The van der Waals surface area contributed by atoms with Crippen molar-refractivity contribution in [2.75, 3.05) is 19.6 Å². The Balaban J connectivity index is 0.00000300. The van der Waals surface area contributed by atoms with Gasteiger partial charge in [-0.2, -0.15) is 0 Å². The van der Waals surface area contributed by atoms with Crippen molar-refractivity contribution >= 4 is 62.3 Å². The number of fused-ring (bicyclic) bond motifs is 1. The van der Waals surface area contributed by atoms with E-state index in [0.717, 1.165) is 22.3 Å². The molecule has 0 aliphatic heterocycles. The molecule has 1 aromatic carbocycles. The zero-order chi connectivity index (χ0) is 20.0. The van der Waals surface area contributed by atoms with Gasteiger partial charge in [-0.3, -0.25) is 0 Å². The van der Waals surface area contributed by atoms with Crippen molar-refractivity contribution < 1.29 is 12.8 Å². The van der Waals surface area contributed by atoms with Crippen molar-refractivity contribution in [2.24, 2.45) is 4.99 Å². The molecule has 0 saturated carbocycles. The average Bonchev–Trinajstić information content (AvgIpc) is 3.33. The maximum absolute atomic E-state index is 12.1. The van der Waals surface area contributed by atoms with Gasteiger partial charge in [0.15, 0.2) is 5.96 Å². The van der Waals surface area contributed by atoms with Gasteiger partial charge in [0.2, 0.25) is 10.0 Å². The number of halogens is 1. The highest BCUT2D eigenvalue weighted by Gasteiger charge is 2.14. The van der Waals surface area contributed by atoms with E-state index in [1.165, 1.54) is 11.3 Å². The minimum absolute atomic E-state index is 0. The van der Waals surface area contributed by atoms with Gasteiger partial charge in [0, 0.05) is 30.6 Å². The highest BCUT2D eigenvalue weighted by molar-refractivity contribution is 14.0. The topological polar surface area (TPSA) is 95.7 Å². The van der Waals surface area contributed by atoms with Crippen molar-refractivity contribution in [3.63, 3.8) is 0 Å². The number of aliphatic imine (C=N–C) groups is 1. The molecule has 0 aliphatic carbocycles. The van der Waals surface area contributed by atoms with Crippen LogP contribution in [-0.4, -0.2) is 34.0 Å². The van der Waals surface area contributed by atoms with E-state index in [2.05, 4.69) is 20.3 Å². The van der Waals surface area contributed by atoms with Crippen molar-refractivity contribution in [1.82, 2.24) is 15.4 Å². The Morgan fingerprint density at radius 2 is 1.93 bits per heavy atom. The molecule has 10 heteroatoms. The molecule has 0 spiro atoms. The number of benzene rings is 1. The van der Waals surface area contributed by atoms with Crippen molar-refractivity contribution in [1.29, 1.82) is 0 Å². The molecule has 0 amide bonds. The zero-order valence-electron chi connectivity index (χ0n) is 16.3. The standard InChI is InChI=1S/C19H24N4O3S2.HI/c1-3-20-19(21-10-11-23-28(24,25)18-9-6-12-27-18)22-13-17-14(2)15-7-4-5-8-16(15)26-17;/h4-9,12,23H,3,10-11,13H2,1-2H3,(H2,20,21,22);1H. The molecule has 2 aromatic heterocycles. The van der Waals surface area contributed by atoms with E-state index in [9.17, 15) is 8.42 Å². The van der Waals surface area contributed by atoms with Crippen LogP contribution < -0.4 is 15.4 Å². The number of aryl methyl sites for hydroxylation is 1. The van der Waals surface area contributed by atoms with Crippen LogP contribution in [0.15, 0.2) is 55.4 Å². The summed E-state index contributed by atoms with van der Waals surface area (Å²) >= 11 is 1.19. The van der Waals surface area contributed by atoms with Crippen LogP contribution in [0.5, 0.6) is 0 Å². The first-order chi connectivity index (χ1) is 13.5. The van der Waals surface area contributed by atoms with Gasteiger partial charge in [-0.1, -0.05) is 24.3 Å². The molecule has 3 aromatic rings. The second-order valence-corrected chi connectivity index (χ2v) is 9.04. The lowest BCUT2D eigenvalue weighted by Gasteiger charge is -2.11. The number of sulfonamides is 1. The number of guanidine groups is 1. The van der Waals surface area contributed by atoms with E-state index in [1.54, 1.807) is 17.5 Å². The van der Waals surface area contributed by atoms with Crippen LogP contribution in [0.1, 0.15) is 18.2 Å². The Hall–Kier alpha value is -1.63.